The van der Waals surface area contributed by atoms with E-state index in [1.54, 1.807) is 0 Å². The van der Waals surface area contributed by atoms with E-state index < -0.39 is 17.3 Å². The van der Waals surface area contributed by atoms with Crippen LogP contribution in [0.3, 0.4) is 0 Å². The first kappa shape index (κ1) is 30.7. The monoisotopic (exact) mass is 669 g/mol. The second-order valence-electron chi connectivity index (χ2n) is 12.8. The van der Waals surface area contributed by atoms with Crippen molar-refractivity contribution >= 4 is 55.5 Å². The number of benzene rings is 8. The standard InChI is InChI=1S/C46H30F3NO/c47-46(48,49)42-30-41-38-22-11-10-20-36(38)37-21-12-13-23-39(37)43(41)40-28-29-45(51-44(40)42,31-14-4-1-5-15-31)32-24-26-35(27-25-32)50(33-16-6-2-7-17-33)34-18-8-3-9-19-34/h1-30H. The highest BCUT2D eigenvalue weighted by molar-refractivity contribution is 6.27. The molecule has 0 saturated heterocycles. The molecule has 5 heteroatoms. The summed E-state index contributed by atoms with van der Waals surface area (Å²) in [7, 11) is 0. The number of hydrogen-bond donors (Lipinski definition) is 0. The number of fused-ring (bicyclic) bond motifs is 8. The SMILES string of the molecule is FC(F)(F)c1cc2c3ccccc3c3ccccc3c2c2c1OC(c1ccccc1)(c1ccc(N(c3ccccc3)c3ccccc3)cc1)C=C2. The van der Waals surface area contributed by atoms with E-state index in [1.165, 1.54) is 6.07 Å². The van der Waals surface area contributed by atoms with Gasteiger partial charge in [0.2, 0.25) is 0 Å². The third-order valence-corrected chi connectivity index (χ3v) is 9.86. The van der Waals surface area contributed by atoms with Crippen molar-refractivity contribution in [1.82, 2.24) is 0 Å². The van der Waals surface area contributed by atoms with Crippen LogP contribution >= 0.6 is 0 Å². The van der Waals surface area contributed by atoms with Crippen molar-refractivity contribution in [3.8, 4) is 5.75 Å². The first-order valence-corrected chi connectivity index (χ1v) is 16.8. The first-order chi connectivity index (χ1) is 24.9. The van der Waals surface area contributed by atoms with Crippen LogP contribution in [0.1, 0.15) is 22.3 Å². The van der Waals surface area contributed by atoms with Crippen LogP contribution in [0.2, 0.25) is 0 Å². The molecule has 0 fully saturated rings. The molecule has 2 nitrogen and oxygen atoms in total. The third-order valence-electron chi connectivity index (χ3n) is 9.86. The van der Waals surface area contributed by atoms with Crippen LogP contribution in [0, 0.1) is 0 Å². The van der Waals surface area contributed by atoms with Gasteiger partial charge in [-0.3, -0.25) is 0 Å². The summed E-state index contributed by atoms with van der Waals surface area (Å²) in [4.78, 5) is 2.15. The summed E-state index contributed by atoms with van der Waals surface area (Å²) < 4.78 is 52.6. The van der Waals surface area contributed by atoms with Gasteiger partial charge in [-0.2, -0.15) is 13.2 Å². The Morgan fingerprint density at radius 3 is 1.49 bits per heavy atom. The predicted octanol–water partition coefficient (Wildman–Crippen LogP) is 13.0. The molecule has 0 radical (unpaired) electrons. The lowest BCUT2D eigenvalue weighted by atomic mass is 9.81. The predicted molar refractivity (Wildman–Crippen MR) is 202 cm³/mol. The van der Waals surface area contributed by atoms with Crippen LogP contribution in [0.25, 0.3) is 38.4 Å². The van der Waals surface area contributed by atoms with Gasteiger partial charge < -0.3 is 9.64 Å². The maximum absolute atomic E-state index is 15.2. The summed E-state index contributed by atoms with van der Waals surface area (Å²) in [6, 6.07) is 54.3. The third kappa shape index (κ3) is 5.04. The van der Waals surface area contributed by atoms with Gasteiger partial charge in [-0.05, 0) is 81.5 Å². The van der Waals surface area contributed by atoms with Crippen molar-refractivity contribution in [3.63, 3.8) is 0 Å². The van der Waals surface area contributed by atoms with Crippen molar-refractivity contribution in [1.29, 1.82) is 0 Å². The molecule has 9 rings (SSSR count). The van der Waals surface area contributed by atoms with E-state index in [9.17, 15) is 0 Å². The summed E-state index contributed by atoms with van der Waals surface area (Å²) in [6.07, 6.45) is -0.928. The molecule has 0 saturated carbocycles. The quantitative estimate of drug-likeness (QED) is 0.169. The minimum absolute atomic E-state index is 0.180. The Morgan fingerprint density at radius 2 is 0.922 bits per heavy atom. The zero-order valence-corrected chi connectivity index (χ0v) is 27.3. The molecule has 0 amide bonds. The highest BCUT2D eigenvalue weighted by Crippen LogP contribution is 2.52. The van der Waals surface area contributed by atoms with E-state index in [1.807, 2.05) is 176 Å². The number of rotatable bonds is 5. The number of nitrogens with zero attached hydrogens (tertiary/aromatic N) is 1. The second kappa shape index (κ2) is 11.9. The Balaban J connectivity index is 1.27. The Labute approximate surface area is 293 Å². The van der Waals surface area contributed by atoms with E-state index >= 15 is 13.2 Å². The summed E-state index contributed by atoms with van der Waals surface area (Å²) >= 11 is 0. The number of halogens is 3. The fourth-order valence-electron chi connectivity index (χ4n) is 7.57. The highest BCUT2D eigenvalue weighted by Gasteiger charge is 2.43. The topological polar surface area (TPSA) is 12.5 Å². The van der Waals surface area contributed by atoms with Gasteiger partial charge in [0.15, 0.2) is 5.60 Å². The number of anilines is 3. The average molecular weight is 670 g/mol. The van der Waals surface area contributed by atoms with Crippen LogP contribution in [0.5, 0.6) is 5.75 Å². The molecule has 1 aliphatic rings. The van der Waals surface area contributed by atoms with Crippen LogP contribution in [-0.4, -0.2) is 0 Å². The minimum atomic E-state index is -4.67. The van der Waals surface area contributed by atoms with Gasteiger partial charge in [0.25, 0.3) is 0 Å². The molecule has 0 bridgehead atoms. The largest absolute Gasteiger partial charge is 0.472 e. The molecule has 0 aromatic heterocycles. The molecule has 0 spiro atoms. The molecule has 246 valence electrons. The summed E-state index contributed by atoms with van der Waals surface area (Å²) in [5.74, 6) is -0.180. The molecule has 1 heterocycles. The van der Waals surface area contributed by atoms with Crippen molar-refractivity contribution < 1.29 is 17.9 Å². The molecule has 0 N–H and O–H groups in total. The molecule has 1 atom stereocenters. The molecule has 8 aromatic rings. The maximum Gasteiger partial charge on any atom is 0.420 e. The highest BCUT2D eigenvalue weighted by atomic mass is 19.4. The van der Waals surface area contributed by atoms with Gasteiger partial charge in [0.05, 0.1) is 5.56 Å². The second-order valence-corrected chi connectivity index (χ2v) is 12.8. The van der Waals surface area contributed by atoms with Crippen molar-refractivity contribution in [2.75, 3.05) is 4.90 Å². The molecule has 8 aromatic carbocycles. The zero-order valence-electron chi connectivity index (χ0n) is 27.3. The number of hydrogen-bond acceptors (Lipinski definition) is 2. The van der Waals surface area contributed by atoms with Crippen molar-refractivity contribution in [3.05, 3.63) is 198 Å². The fraction of sp³-hybridized carbons (Fsp3) is 0.0435. The van der Waals surface area contributed by atoms with E-state index in [2.05, 4.69) is 4.90 Å². The molecule has 1 aliphatic heterocycles. The smallest absolute Gasteiger partial charge is 0.420 e. The molecular formula is C46H30F3NO. The Kier molecular flexibility index (Phi) is 7.18. The van der Waals surface area contributed by atoms with Crippen molar-refractivity contribution in [2.45, 2.75) is 11.8 Å². The van der Waals surface area contributed by atoms with Gasteiger partial charge in [0.1, 0.15) is 5.75 Å². The molecule has 51 heavy (non-hydrogen) atoms. The van der Waals surface area contributed by atoms with E-state index in [4.69, 9.17) is 4.74 Å². The number of ether oxygens (including phenoxy) is 1. The Bertz CT molecular complexity index is 2540. The first-order valence-electron chi connectivity index (χ1n) is 16.8. The lowest BCUT2D eigenvalue weighted by Gasteiger charge is -2.38. The number of alkyl halides is 3. The van der Waals surface area contributed by atoms with E-state index in [0.717, 1.165) is 49.6 Å². The lowest BCUT2D eigenvalue weighted by molar-refractivity contribution is -0.139. The summed E-state index contributed by atoms with van der Waals surface area (Å²) in [6.45, 7) is 0. The van der Waals surface area contributed by atoms with Crippen molar-refractivity contribution in [2.24, 2.45) is 0 Å². The maximum atomic E-state index is 15.2. The number of para-hydroxylation sites is 2. The van der Waals surface area contributed by atoms with Gasteiger partial charge in [0, 0.05) is 39.1 Å². The Morgan fingerprint density at radius 1 is 0.471 bits per heavy atom. The van der Waals surface area contributed by atoms with Gasteiger partial charge in [-0.1, -0.05) is 127 Å². The van der Waals surface area contributed by atoms with Crippen LogP contribution in [0.15, 0.2) is 176 Å². The van der Waals surface area contributed by atoms with Crippen LogP contribution in [-0.2, 0) is 11.8 Å². The Hall–Kier alpha value is -6.33. The van der Waals surface area contributed by atoms with Crippen LogP contribution < -0.4 is 9.64 Å². The average Bonchev–Trinajstić information content (AvgIpc) is 3.18. The lowest BCUT2D eigenvalue weighted by Crippen LogP contribution is -2.35. The molecule has 0 aliphatic carbocycles. The minimum Gasteiger partial charge on any atom is -0.472 e. The van der Waals surface area contributed by atoms with Gasteiger partial charge in [-0.15, -0.1) is 0 Å². The zero-order chi connectivity index (χ0) is 34.6. The normalized spacial score (nSPS) is 15.5. The fourth-order valence-corrected chi connectivity index (χ4v) is 7.57. The van der Waals surface area contributed by atoms with E-state index in [-0.39, 0.29) is 5.75 Å². The molecular weight excluding hydrogens is 640 g/mol. The van der Waals surface area contributed by atoms with Gasteiger partial charge in [-0.25, -0.2) is 0 Å². The van der Waals surface area contributed by atoms with E-state index in [0.29, 0.717) is 16.5 Å². The van der Waals surface area contributed by atoms with Crippen LogP contribution in [0.4, 0.5) is 30.2 Å². The summed E-state index contributed by atoms with van der Waals surface area (Å²) in [5, 5.41) is 4.82. The van der Waals surface area contributed by atoms with Gasteiger partial charge >= 0.3 is 6.18 Å². The molecule has 1 unspecified atom stereocenters. The summed E-state index contributed by atoms with van der Waals surface area (Å²) in [5.41, 5.74) is 2.58.